The molecular weight excluding hydrogens is 286 g/mol. The second-order valence-corrected chi connectivity index (χ2v) is 5.50. The Balaban J connectivity index is 2.35. The average molecular weight is 303 g/mol. The minimum atomic E-state index is -1.65. The molecule has 2 rings (SSSR count). The molecule has 0 aliphatic heterocycles. The van der Waals surface area contributed by atoms with Crippen molar-refractivity contribution in [3.63, 3.8) is 0 Å². The van der Waals surface area contributed by atoms with Crippen LogP contribution in [-0.2, 0) is 23.8 Å². The standard InChI is InChI=1S/C14H17N5OS/c15-14(19-16)13-11(4-1-5-12(13)21(17)20)7-6-10-3-2-8-18-9-10/h1-5,8-9H,6-7,16-17H2,(H2,15,19). The maximum Gasteiger partial charge on any atom is 0.151 e. The van der Waals surface area contributed by atoms with E-state index >= 15 is 0 Å². The van der Waals surface area contributed by atoms with Gasteiger partial charge >= 0.3 is 0 Å². The van der Waals surface area contributed by atoms with E-state index in [0.717, 1.165) is 17.5 Å². The van der Waals surface area contributed by atoms with Gasteiger partial charge in [-0.1, -0.05) is 18.2 Å². The van der Waals surface area contributed by atoms with Gasteiger partial charge in [-0.05, 0) is 36.1 Å². The van der Waals surface area contributed by atoms with Crippen LogP contribution in [0, 0.1) is 0 Å². The molecular formula is C14H17N5OS. The van der Waals surface area contributed by atoms with E-state index in [9.17, 15) is 4.21 Å². The van der Waals surface area contributed by atoms with Gasteiger partial charge in [0.2, 0.25) is 0 Å². The lowest BCUT2D eigenvalue weighted by Gasteiger charge is -2.12. The smallest absolute Gasteiger partial charge is 0.151 e. The third-order valence-corrected chi connectivity index (χ3v) is 3.90. The van der Waals surface area contributed by atoms with Crippen molar-refractivity contribution in [3.05, 3.63) is 59.4 Å². The van der Waals surface area contributed by atoms with Gasteiger partial charge in [0.1, 0.15) is 11.0 Å². The van der Waals surface area contributed by atoms with Crippen molar-refractivity contribution in [2.75, 3.05) is 0 Å². The molecule has 1 unspecified atom stereocenters. The summed E-state index contributed by atoms with van der Waals surface area (Å²) < 4.78 is 11.6. The van der Waals surface area contributed by atoms with E-state index in [1.807, 2.05) is 24.4 Å². The molecule has 0 aliphatic rings. The number of amidine groups is 1. The third-order valence-electron chi connectivity index (χ3n) is 3.13. The molecule has 1 aromatic carbocycles. The number of rotatable bonds is 5. The molecule has 0 aliphatic carbocycles. The Labute approximate surface area is 125 Å². The van der Waals surface area contributed by atoms with Gasteiger partial charge in [-0.3, -0.25) is 4.98 Å². The Morgan fingerprint density at radius 2 is 2.05 bits per heavy atom. The molecule has 0 bridgehead atoms. The Bertz CT molecular complexity index is 672. The number of aromatic nitrogens is 1. The van der Waals surface area contributed by atoms with Crippen molar-refractivity contribution in [2.45, 2.75) is 17.7 Å². The average Bonchev–Trinajstić information content (AvgIpc) is 2.52. The fourth-order valence-electron chi connectivity index (χ4n) is 2.13. The summed E-state index contributed by atoms with van der Waals surface area (Å²) in [5.41, 5.74) is 8.39. The van der Waals surface area contributed by atoms with Gasteiger partial charge in [0, 0.05) is 18.0 Å². The predicted molar refractivity (Wildman–Crippen MR) is 83.6 cm³/mol. The molecule has 2 aromatic rings. The molecule has 0 saturated carbocycles. The molecule has 1 heterocycles. The predicted octanol–water partition coefficient (Wildman–Crippen LogP) is 0.427. The number of pyridine rings is 1. The quantitative estimate of drug-likeness (QED) is 0.321. The summed E-state index contributed by atoms with van der Waals surface area (Å²) >= 11 is 0. The van der Waals surface area contributed by atoms with Crippen LogP contribution in [0.4, 0.5) is 0 Å². The number of hydrogen-bond donors (Lipinski definition) is 3. The Morgan fingerprint density at radius 1 is 1.24 bits per heavy atom. The molecule has 21 heavy (non-hydrogen) atoms. The van der Waals surface area contributed by atoms with Crippen LogP contribution < -0.4 is 16.7 Å². The highest BCUT2D eigenvalue weighted by Crippen LogP contribution is 2.19. The largest absolute Gasteiger partial charge is 0.382 e. The van der Waals surface area contributed by atoms with Crippen molar-refractivity contribution in [3.8, 4) is 0 Å². The lowest BCUT2D eigenvalue weighted by molar-refractivity contribution is 0.684. The van der Waals surface area contributed by atoms with Gasteiger partial charge in [0.15, 0.2) is 5.84 Å². The lowest BCUT2D eigenvalue weighted by Crippen LogP contribution is -2.22. The first-order chi connectivity index (χ1) is 10.1. The highest BCUT2D eigenvalue weighted by atomic mass is 32.2. The minimum Gasteiger partial charge on any atom is -0.382 e. The summed E-state index contributed by atoms with van der Waals surface area (Å²) in [6, 6.07) is 9.25. The normalized spacial score (nSPS) is 13.1. The molecule has 1 atom stereocenters. The molecule has 1 aromatic heterocycles. The number of benzene rings is 1. The first-order valence-corrected chi connectivity index (χ1v) is 7.55. The van der Waals surface area contributed by atoms with Gasteiger partial charge in [-0.25, -0.2) is 9.35 Å². The second kappa shape index (κ2) is 6.96. The number of nitrogens with two attached hydrogens (primary N) is 3. The zero-order valence-electron chi connectivity index (χ0n) is 11.4. The highest BCUT2D eigenvalue weighted by Gasteiger charge is 2.15. The zero-order chi connectivity index (χ0) is 15.2. The first kappa shape index (κ1) is 15.1. The SMILES string of the molecule is N/N=C(\N)c1c(CCc2cccnc2)cccc1S(N)=O. The van der Waals surface area contributed by atoms with E-state index in [4.69, 9.17) is 16.7 Å². The summed E-state index contributed by atoms with van der Waals surface area (Å²) in [7, 11) is -1.65. The van der Waals surface area contributed by atoms with Gasteiger partial charge in [-0.2, -0.15) is 5.10 Å². The van der Waals surface area contributed by atoms with Gasteiger partial charge in [-0.15, -0.1) is 0 Å². The molecule has 0 spiro atoms. The van der Waals surface area contributed by atoms with Crippen molar-refractivity contribution in [1.29, 1.82) is 0 Å². The molecule has 0 fully saturated rings. The first-order valence-electron chi connectivity index (χ1n) is 6.34. The number of hydrogen-bond acceptors (Lipinski definition) is 4. The topological polar surface area (TPSA) is 120 Å². The third kappa shape index (κ3) is 3.65. The van der Waals surface area contributed by atoms with Crippen LogP contribution in [0.2, 0.25) is 0 Å². The summed E-state index contributed by atoms with van der Waals surface area (Å²) in [5.74, 6) is 5.39. The van der Waals surface area contributed by atoms with Crippen LogP contribution in [0.25, 0.3) is 0 Å². The van der Waals surface area contributed by atoms with Gasteiger partial charge in [0.05, 0.1) is 4.90 Å². The molecule has 6 nitrogen and oxygen atoms in total. The van der Waals surface area contributed by atoms with E-state index in [2.05, 4.69) is 10.1 Å². The summed E-state index contributed by atoms with van der Waals surface area (Å²) in [6.45, 7) is 0. The molecule has 0 amide bonds. The number of hydrazone groups is 1. The fraction of sp³-hybridized carbons (Fsp3) is 0.143. The molecule has 0 radical (unpaired) electrons. The Morgan fingerprint density at radius 3 is 2.67 bits per heavy atom. The monoisotopic (exact) mass is 303 g/mol. The van der Waals surface area contributed by atoms with E-state index in [0.29, 0.717) is 16.9 Å². The minimum absolute atomic E-state index is 0.130. The van der Waals surface area contributed by atoms with Gasteiger partial charge in [0.25, 0.3) is 0 Å². The second-order valence-electron chi connectivity index (χ2n) is 4.46. The van der Waals surface area contributed by atoms with Crippen LogP contribution in [0.1, 0.15) is 16.7 Å². The highest BCUT2D eigenvalue weighted by molar-refractivity contribution is 7.82. The summed E-state index contributed by atoms with van der Waals surface area (Å²) in [4.78, 5) is 4.51. The van der Waals surface area contributed by atoms with Crippen LogP contribution in [0.5, 0.6) is 0 Å². The summed E-state index contributed by atoms with van der Waals surface area (Å²) in [6.07, 6.45) is 5.01. The van der Waals surface area contributed by atoms with E-state index < -0.39 is 11.0 Å². The summed E-state index contributed by atoms with van der Waals surface area (Å²) in [5, 5.41) is 9.00. The molecule has 0 saturated heterocycles. The van der Waals surface area contributed by atoms with Crippen molar-refractivity contribution < 1.29 is 4.21 Å². The van der Waals surface area contributed by atoms with E-state index in [1.165, 1.54) is 0 Å². The molecule has 110 valence electrons. The molecule has 6 N–H and O–H groups in total. The maximum absolute atomic E-state index is 11.6. The molecule has 7 heteroatoms. The van der Waals surface area contributed by atoms with Crippen LogP contribution in [0.15, 0.2) is 52.7 Å². The van der Waals surface area contributed by atoms with Crippen molar-refractivity contribution in [1.82, 2.24) is 4.98 Å². The van der Waals surface area contributed by atoms with Crippen LogP contribution >= 0.6 is 0 Å². The van der Waals surface area contributed by atoms with E-state index in [-0.39, 0.29) is 5.84 Å². The Hall–Kier alpha value is -2.25. The Kier molecular flexibility index (Phi) is 5.02. The van der Waals surface area contributed by atoms with Crippen LogP contribution in [0.3, 0.4) is 0 Å². The lowest BCUT2D eigenvalue weighted by atomic mass is 10.00. The maximum atomic E-state index is 11.6. The fourth-order valence-corrected chi connectivity index (χ4v) is 2.78. The zero-order valence-corrected chi connectivity index (χ0v) is 12.2. The van der Waals surface area contributed by atoms with Gasteiger partial charge < -0.3 is 11.6 Å². The van der Waals surface area contributed by atoms with Crippen molar-refractivity contribution >= 4 is 16.8 Å². The number of nitrogens with zero attached hydrogens (tertiary/aromatic N) is 2. The number of aryl methyl sites for hydroxylation is 2. The van der Waals surface area contributed by atoms with Crippen LogP contribution in [-0.4, -0.2) is 15.0 Å². The van der Waals surface area contributed by atoms with Crippen molar-refractivity contribution in [2.24, 2.45) is 21.8 Å². The van der Waals surface area contributed by atoms with E-state index in [1.54, 1.807) is 18.3 Å².